The molecule has 1 amide bonds. The Bertz CT molecular complexity index is 1370. The number of carbonyl (C=O) groups excluding carboxylic acids is 1. The Morgan fingerprint density at radius 2 is 1.50 bits per heavy atom. The van der Waals surface area contributed by atoms with Gasteiger partial charge in [0.05, 0.1) is 25.4 Å². The second-order valence-electron chi connectivity index (χ2n) is 11.1. The van der Waals surface area contributed by atoms with Crippen molar-refractivity contribution in [3.63, 3.8) is 0 Å². The quantitative estimate of drug-likeness (QED) is 0.340. The molecule has 0 unspecified atom stereocenters. The van der Waals surface area contributed by atoms with Gasteiger partial charge in [0.25, 0.3) is 0 Å². The third-order valence-corrected chi connectivity index (χ3v) is 8.12. The lowest BCUT2D eigenvalue weighted by molar-refractivity contribution is 0.00578. The van der Waals surface area contributed by atoms with Crippen LogP contribution >= 0.6 is 0 Å². The highest BCUT2D eigenvalue weighted by molar-refractivity contribution is 6.56. The molecule has 8 heteroatoms. The van der Waals surface area contributed by atoms with E-state index in [1.54, 1.807) is 14.2 Å². The first-order valence-corrected chi connectivity index (χ1v) is 13.5. The average molecular weight is 541 g/mol. The Balaban J connectivity index is 1.33. The smallest absolute Gasteiger partial charge is 0.492 e. The highest BCUT2D eigenvalue weighted by Crippen LogP contribution is 2.44. The first-order valence-electron chi connectivity index (χ1n) is 13.5. The summed E-state index contributed by atoms with van der Waals surface area (Å²) in [7, 11) is 2.55. The number of amides is 1. The minimum atomic E-state index is -0.661. The zero-order chi connectivity index (χ0) is 28.5. The van der Waals surface area contributed by atoms with Crippen molar-refractivity contribution in [3.05, 3.63) is 88.9 Å². The second-order valence-corrected chi connectivity index (χ2v) is 11.1. The van der Waals surface area contributed by atoms with Gasteiger partial charge in [0, 0.05) is 24.1 Å². The zero-order valence-corrected chi connectivity index (χ0v) is 23.9. The minimum absolute atomic E-state index is 0.0141. The van der Waals surface area contributed by atoms with E-state index in [0.29, 0.717) is 11.5 Å². The van der Waals surface area contributed by atoms with Crippen LogP contribution in [0.1, 0.15) is 50.3 Å². The van der Waals surface area contributed by atoms with Crippen LogP contribution in [0.25, 0.3) is 17.2 Å². The van der Waals surface area contributed by atoms with Crippen molar-refractivity contribution in [1.29, 1.82) is 0 Å². The Kier molecular flexibility index (Phi) is 7.66. The summed E-state index contributed by atoms with van der Waals surface area (Å²) in [4.78, 5) is 13.0. The lowest BCUT2D eigenvalue weighted by atomic mass is 9.77. The molecule has 0 atom stereocenters. The van der Waals surface area contributed by atoms with Gasteiger partial charge in [-0.05, 0) is 67.6 Å². The molecule has 0 bridgehead atoms. The van der Waals surface area contributed by atoms with Gasteiger partial charge in [0.1, 0.15) is 18.1 Å². The summed E-state index contributed by atoms with van der Waals surface area (Å²) in [5, 5.41) is 2.91. The fourth-order valence-electron chi connectivity index (χ4n) is 5.16. The molecule has 0 spiro atoms. The van der Waals surface area contributed by atoms with Gasteiger partial charge in [-0.15, -0.1) is 0 Å². The molecular formula is C32H36BNO6. The van der Waals surface area contributed by atoms with Crippen LogP contribution in [0, 0.1) is 0 Å². The number of rotatable bonds is 8. The van der Waals surface area contributed by atoms with Crippen molar-refractivity contribution in [2.45, 2.75) is 44.8 Å². The Morgan fingerprint density at radius 1 is 0.900 bits per heavy atom. The SMILES string of the molecule is COc1ccc(C=C(CNC(=O)OCC2c3ccccc3-c3ccccc32)B2OC(C)(C)C(C)(C)O2)c(OC)c1. The Labute approximate surface area is 236 Å². The van der Waals surface area contributed by atoms with Crippen molar-refractivity contribution < 1.29 is 28.3 Å². The fraction of sp³-hybridized carbons (Fsp3) is 0.344. The standard InChI is InChI=1S/C32H36BNO6/c1-31(2)32(3,4)40-33(39-31)22(17-21-15-16-23(36-5)18-29(21)37-6)19-34-30(35)38-20-28-26-13-9-7-11-24(26)25-12-8-10-14-27(25)28/h7-18,28H,19-20H2,1-6H3,(H,34,35). The molecule has 208 valence electrons. The predicted molar refractivity (Wildman–Crippen MR) is 157 cm³/mol. The molecule has 1 saturated heterocycles. The first kappa shape index (κ1) is 27.8. The van der Waals surface area contributed by atoms with Crippen LogP contribution in [-0.2, 0) is 14.0 Å². The van der Waals surface area contributed by atoms with E-state index < -0.39 is 24.4 Å². The van der Waals surface area contributed by atoms with E-state index in [4.69, 9.17) is 23.5 Å². The molecule has 2 aliphatic rings. The van der Waals surface area contributed by atoms with Gasteiger partial charge < -0.3 is 28.8 Å². The maximum atomic E-state index is 13.0. The van der Waals surface area contributed by atoms with Crippen molar-refractivity contribution in [3.8, 4) is 22.6 Å². The number of nitrogens with one attached hydrogen (secondary N) is 1. The van der Waals surface area contributed by atoms with Crippen molar-refractivity contribution in [2.75, 3.05) is 27.4 Å². The molecule has 3 aromatic carbocycles. The van der Waals surface area contributed by atoms with Gasteiger partial charge in [-0.2, -0.15) is 0 Å². The van der Waals surface area contributed by atoms with E-state index in [2.05, 4.69) is 29.6 Å². The van der Waals surface area contributed by atoms with Crippen molar-refractivity contribution in [2.24, 2.45) is 0 Å². The molecule has 3 aromatic rings. The molecule has 5 rings (SSSR count). The van der Waals surface area contributed by atoms with E-state index in [9.17, 15) is 4.79 Å². The molecule has 1 N–H and O–H groups in total. The number of ether oxygens (including phenoxy) is 3. The lowest BCUT2D eigenvalue weighted by Crippen LogP contribution is -2.41. The lowest BCUT2D eigenvalue weighted by Gasteiger charge is -2.32. The summed E-state index contributed by atoms with van der Waals surface area (Å²) in [5.74, 6) is 1.30. The molecule has 1 heterocycles. The maximum absolute atomic E-state index is 13.0. The molecule has 1 aliphatic heterocycles. The maximum Gasteiger partial charge on any atom is 0.492 e. The monoisotopic (exact) mass is 541 g/mol. The molecule has 1 fully saturated rings. The number of alkyl carbamates (subject to hydrolysis) is 1. The minimum Gasteiger partial charge on any atom is -0.497 e. The average Bonchev–Trinajstić information content (AvgIpc) is 3.38. The van der Waals surface area contributed by atoms with Crippen LogP contribution in [0.3, 0.4) is 0 Å². The molecular weight excluding hydrogens is 505 g/mol. The topological polar surface area (TPSA) is 75.3 Å². The summed E-state index contributed by atoms with van der Waals surface area (Å²) in [5.41, 5.74) is 5.17. The van der Waals surface area contributed by atoms with Crippen LogP contribution in [0.2, 0.25) is 0 Å². The fourth-order valence-corrected chi connectivity index (χ4v) is 5.16. The molecule has 0 aromatic heterocycles. The number of hydrogen-bond donors (Lipinski definition) is 1. The number of benzene rings is 3. The van der Waals surface area contributed by atoms with E-state index in [-0.39, 0.29) is 19.1 Å². The van der Waals surface area contributed by atoms with Gasteiger partial charge in [-0.3, -0.25) is 0 Å². The third-order valence-electron chi connectivity index (χ3n) is 8.12. The van der Waals surface area contributed by atoms with Crippen molar-refractivity contribution in [1.82, 2.24) is 5.32 Å². The summed E-state index contributed by atoms with van der Waals surface area (Å²) in [6.45, 7) is 8.40. The summed E-state index contributed by atoms with van der Waals surface area (Å²) >= 11 is 0. The summed E-state index contributed by atoms with van der Waals surface area (Å²) < 4.78 is 29.3. The first-order chi connectivity index (χ1) is 19.1. The Hall–Kier alpha value is -3.75. The molecule has 1 aliphatic carbocycles. The van der Waals surface area contributed by atoms with Crippen LogP contribution in [0.4, 0.5) is 4.79 Å². The summed E-state index contributed by atoms with van der Waals surface area (Å²) in [6.07, 6.45) is 1.41. The van der Waals surface area contributed by atoms with Crippen LogP contribution in [0.5, 0.6) is 11.5 Å². The largest absolute Gasteiger partial charge is 0.497 e. The zero-order valence-electron chi connectivity index (χ0n) is 23.9. The van der Waals surface area contributed by atoms with Crippen LogP contribution < -0.4 is 14.8 Å². The van der Waals surface area contributed by atoms with E-state index in [1.807, 2.05) is 76.2 Å². The van der Waals surface area contributed by atoms with E-state index in [0.717, 1.165) is 11.0 Å². The van der Waals surface area contributed by atoms with Gasteiger partial charge in [0.2, 0.25) is 0 Å². The number of hydrogen-bond acceptors (Lipinski definition) is 6. The third kappa shape index (κ3) is 5.34. The van der Waals surface area contributed by atoms with Gasteiger partial charge in [-0.25, -0.2) is 4.79 Å². The highest BCUT2D eigenvalue weighted by Gasteiger charge is 2.52. The Morgan fingerprint density at radius 3 is 2.08 bits per heavy atom. The van der Waals surface area contributed by atoms with Gasteiger partial charge in [-0.1, -0.05) is 54.6 Å². The normalized spacial score (nSPS) is 17.2. The van der Waals surface area contributed by atoms with Crippen molar-refractivity contribution >= 4 is 19.3 Å². The van der Waals surface area contributed by atoms with Gasteiger partial charge >= 0.3 is 13.2 Å². The van der Waals surface area contributed by atoms with Crippen LogP contribution in [0.15, 0.2) is 72.2 Å². The predicted octanol–water partition coefficient (Wildman–Crippen LogP) is 6.26. The summed E-state index contributed by atoms with van der Waals surface area (Å²) in [6, 6.07) is 22.1. The van der Waals surface area contributed by atoms with Gasteiger partial charge in [0.15, 0.2) is 0 Å². The molecule has 0 radical (unpaired) electrons. The number of methoxy groups -OCH3 is 2. The second kappa shape index (κ2) is 11.0. The van der Waals surface area contributed by atoms with E-state index >= 15 is 0 Å². The van der Waals surface area contributed by atoms with Crippen LogP contribution in [-0.4, -0.2) is 51.8 Å². The molecule has 0 saturated carbocycles. The number of carbonyl (C=O) groups is 1. The highest BCUT2D eigenvalue weighted by atomic mass is 16.7. The number of fused-ring (bicyclic) bond motifs is 3. The molecule has 40 heavy (non-hydrogen) atoms. The molecule has 7 nitrogen and oxygen atoms in total. The van der Waals surface area contributed by atoms with E-state index in [1.165, 1.54) is 22.3 Å².